The monoisotopic (exact) mass is 295 g/mol. The molecule has 2 rings (SSSR count). The molecular formula is C16H26ClN3. The highest BCUT2D eigenvalue weighted by Gasteiger charge is 2.29. The van der Waals surface area contributed by atoms with Crippen LogP contribution in [0.3, 0.4) is 0 Å². The van der Waals surface area contributed by atoms with Crippen molar-refractivity contribution >= 4 is 17.4 Å². The van der Waals surface area contributed by atoms with E-state index in [0.717, 1.165) is 23.8 Å². The Balaban J connectivity index is 2.20. The molecule has 0 spiro atoms. The lowest BCUT2D eigenvalue weighted by atomic mass is 9.89. The maximum Gasteiger partial charge on any atom is 0.137 e. The van der Waals surface area contributed by atoms with Crippen LogP contribution in [0.15, 0.2) is 0 Å². The van der Waals surface area contributed by atoms with Gasteiger partial charge in [0.25, 0.3) is 0 Å². The number of hydrogen-bond acceptors (Lipinski definition) is 3. The number of aromatic nitrogens is 2. The van der Waals surface area contributed by atoms with Crippen LogP contribution in [0.2, 0.25) is 5.15 Å². The van der Waals surface area contributed by atoms with Crippen molar-refractivity contribution in [2.45, 2.75) is 65.7 Å². The normalized spacial score (nSPS) is 18.3. The SMILES string of the molecule is Cc1c(Cl)nc(C(C)(C)C)nc1NCC1(C)CCCC1. The van der Waals surface area contributed by atoms with Gasteiger partial charge in [0.05, 0.1) is 0 Å². The summed E-state index contributed by atoms with van der Waals surface area (Å²) in [7, 11) is 0. The van der Waals surface area contributed by atoms with Crippen LogP contribution in [0, 0.1) is 12.3 Å². The van der Waals surface area contributed by atoms with E-state index in [-0.39, 0.29) is 5.41 Å². The third-order valence-electron chi connectivity index (χ3n) is 4.25. The van der Waals surface area contributed by atoms with Crippen molar-refractivity contribution in [2.24, 2.45) is 5.41 Å². The zero-order valence-electron chi connectivity index (χ0n) is 13.3. The van der Waals surface area contributed by atoms with Gasteiger partial charge in [-0.1, -0.05) is 52.1 Å². The molecule has 0 bridgehead atoms. The van der Waals surface area contributed by atoms with E-state index in [0.29, 0.717) is 10.6 Å². The molecule has 112 valence electrons. The van der Waals surface area contributed by atoms with E-state index >= 15 is 0 Å². The molecule has 3 nitrogen and oxygen atoms in total. The summed E-state index contributed by atoms with van der Waals surface area (Å²) in [6.07, 6.45) is 5.28. The molecule has 1 saturated carbocycles. The van der Waals surface area contributed by atoms with E-state index in [1.54, 1.807) is 0 Å². The van der Waals surface area contributed by atoms with Crippen LogP contribution in [-0.4, -0.2) is 16.5 Å². The van der Waals surface area contributed by atoms with Crippen molar-refractivity contribution in [3.63, 3.8) is 0 Å². The highest BCUT2D eigenvalue weighted by Crippen LogP contribution is 2.37. The van der Waals surface area contributed by atoms with E-state index in [1.165, 1.54) is 25.7 Å². The first-order valence-corrected chi connectivity index (χ1v) is 7.88. The lowest BCUT2D eigenvalue weighted by Gasteiger charge is -2.25. The van der Waals surface area contributed by atoms with Gasteiger partial charge in [-0.25, -0.2) is 9.97 Å². The van der Waals surface area contributed by atoms with E-state index in [1.807, 2.05) is 6.92 Å². The molecule has 4 heteroatoms. The van der Waals surface area contributed by atoms with Crippen molar-refractivity contribution in [1.29, 1.82) is 0 Å². The topological polar surface area (TPSA) is 37.8 Å². The van der Waals surface area contributed by atoms with Crippen LogP contribution < -0.4 is 5.32 Å². The van der Waals surface area contributed by atoms with Gasteiger partial charge >= 0.3 is 0 Å². The Kier molecular flexibility index (Phi) is 4.29. The molecule has 0 unspecified atom stereocenters. The Bertz CT molecular complexity index is 485. The first-order chi connectivity index (χ1) is 9.21. The predicted molar refractivity (Wildman–Crippen MR) is 85.5 cm³/mol. The number of nitrogens with one attached hydrogen (secondary N) is 1. The molecule has 1 fully saturated rings. The third kappa shape index (κ3) is 3.43. The molecule has 1 aliphatic rings. The summed E-state index contributed by atoms with van der Waals surface area (Å²) in [5.74, 6) is 1.69. The molecule has 1 N–H and O–H groups in total. The van der Waals surface area contributed by atoms with Crippen molar-refractivity contribution in [2.75, 3.05) is 11.9 Å². The third-order valence-corrected chi connectivity index (χ3v) is 4.62. The lowest BCUT2D eigenvalue weighted by molar-refractivity contribution is 0.361. The largest absolute Gasteiger partial charge is 0.369 e. The Morgan fingerprint density at radius 1 is 1.20 bits per heavy atom. The number of halogens is 1. The predicted octanol–water partition coefficient (Wildman–Crippen LogP) is 4.73. The summed E-state index contributed by atoms with van der Waals surface area (Å²) >= 11 is 6.26. The van der Waals surface area contributed by atoms with Gasteiger partial charge in [-0.05, 0) is 25.2 Å². The second-order valence-corrected chi connectivity index (χ2v) is 7.79. The number of anilines is 1. The van der Waals surface area contributed by atoms with Gasteiger partial charge in [0.2, 0.25) is 0 Å². The highest BCUT2D eigenvalue weighted by atomic mass is 35.5. The van der Waals surface area contributed by atoms with Gasteiger partial charge in [0.1, 0.15) is 16.8 Å². The summed E-state index contributed by atoms with van der Waals surface area (Å²) in [5, 5.41) is 4.07. The Hall–Kier alpha value is -0.830. The average Bonchev–Trinajstić information content (AvgIpc) is 2.77. The van der Waals surface area contributed by atoms with E-state index in [9.17, 15) is 0 Å². The fourth-order valence-electron chi connectivity index (χ4n) is 2.70. The van der Waals surface area contributed by atoms with Crippen molar-refractivity contribution in [3.05, 3.63) is 16.5 Å². The van der Waals surface area contributed by atoms with Crippen molar-refractivity contribution in [3.8, 4) is 0 Å². The summed E-state index contributed by atoms with van der Waals surface area (Å²) in [6.45, 7) is 11.6. The molecule has 20 heavy (non-hydrogen) atoms. The molecule has 1 aromatic rings. The molecule has 1 heterocycles. The molecule has 1 aromatic heterocycles. The van der Waals surface area contributed by atoms with Gasteiger partial charge < -0.3 is 5.32 Å². The van der Waals surface area contributed by atoms with Crippen molar-refractivity contribution in [1.82, 2.24) is 9.97 Å². The van der Waals surface area contributed by atoms with Crippen LogP contribution in [0.25, 0.3) is 0 Å². The second-order valence-electron chi connectivity index (χ2n) is 7.43. The van der Waals surface area contributed by atoms with Gasteiger partial charge in [0.15, 0.2) is 0 Å². The fraction of sp³-hybridized carbons (Fsp3) is 0.750. The molecule has 0 saturated heterocycles. The maximum atomic E-state index is 6.26. The standard InChI is InChI=1S/C16H26ClN3/c1-11-12(17)19-14(15(2,3)4)20-13(11)18-10-16(5)8-6-7-9-16/h6-10H2,1-5H3,(H,18,19,20). The molecule has 1 aliphatic carbocycles. The molecule has 0 atom stereocenters. The number of rotatable bonds is 3. The molecule has 0 amide bonds. The maximum absolute atomic E-state index is 6.26. The van der Waals surface area contributed by atoms with Crippen molar-refractivity contribution < 1.29 is 0 Å². The van der Waals surface area contributed by atoms with Gasteiger partial charge in [-0.15, -0.1) is 0 Å². The van der Waals surface area contributed by atoms with Gasteiger partial charge in [0, 0.05) is 17.5 Å². The zero-order valence-corrected chi connectivity index (χ0v) is 14.1. The number of nitrogens with zero attached hydrogens (tertiary/aromatic N) is 2. The Morgan fingerprint density at radius 3 is 2.35 bits per heavy atom. The minimum absolute atomic E-state index is 0.0922. The Labute approximate surface area is 127 Å². The zero-order chi connectivity index (χ0) is 15.0. The quantitative estimate of drug-likeness (QED) is 0.819. The van der Waals surface area contributed by atoms with Crippen LogP contribution in [0.1, 0.15) is 64.8 Å². The lowest BCUT2D eigenvalue weighted by Crippen LogP contribution is -2.25. The first kappa shape index (κ1) is 15.6. The number of hydrogen-bond donors (Lipinski definition) is 1. The van der Waals surface area contributed by atoms with E-state index in [4.69, 9.17) is 11.6 Å². The summed E-state index contributed by atoms with van der Waals surface area (Å²) in [4.78, 5) is 9.11. The molecule has 0 radical (unpaired) electrons. The molecule has 0 aromatic carbocycles. The average molecular weight is 296 g/mol. The van der Waals surface area contributed by atoms with Crippen LogP contribution in [-0.2, 0) is 5.41 Å². The van der Waals surface area contributed by atoms with Crippen LogP contribution in [0.5, 0.6) is 0 Å². The summed E-state index contributed by atoms with van der Waals surface area (Å²) in [5.41, 5.74) is 1.25. The van der Waals surface area contributed by atoms with Gasteiger partial charge in [-0.3, -0.25) is 0 Å². The first-order valence-electron chi connectivity index (χ1n) is 7.50. The van der Waals surface area contributed by atoms with Gasteiger partial charge in [-0.2, -0.15) is 0 Å². The van der Waals surface area contributed by atoms with Crippen LogP contribution >= 0.6 is 11.6 Å². The second kappa shape index (κ2) is 5.51. The molecule has 0 aliphatic heterocycles. The van der Waals surface area contributed by atoms with E-state index < -0.39 is 0 Å². The smallest absolute Gasteiger partial charge is 0.137 e. The molecular weight excluding hydrogens is 270 g/mol. The summed E-state index contributed by atoms with van der Waals surface area (Å²) in [6, 6.07) is 0. The summed E-state index contributed by atoms with van der Waals surface area (Å²) < 4.78 is 0. The minimum atomic E-state index is -0.0922. The minimum Gasteiger partial charge on any atom is -0.369 e. The highest BCUT2D eigenvalue weighted by molar-refractivity contribution is 6.30. The fourth-order valence-corrected chi connectivity index (χ4v) is 2.87. The van der Waals surface area contributed by atoms with Crippen LogP contribution in [0.4, 0.5) is 5.82 Å². The Morgan fingerprint density at radius 2 is 1.80 bits per heavy atom. The van der Waals surface area contributed by atoms with E-state index in [2.05, 4.69) is 43.0 Å².